The van der Waals surface area contributed by atoms with Gasteiger partial charge in [0.05, 0.1) is 12.1 Å². The van der Waals surface area contributed by atoms with Crippen molar-refractivity contribution >= 4 is 34.9 Å². The van der Waals surface area contributed by atoms with Crippen molar-refractivity contribution in [2.45, 2.75) is 31.1 Å². The normalized spacial score (nSPS) is 26.1. The predicted molar refractivity (Wildman–Crippen MR) is 121 cm³/mol. The standard InChI is InChI=1S/C23H25Cl2N3O3/c1-26-8-9-28(23(26)30)15-2-4-17(5-3-15)31-22-19-10-14(24)11-20(25)18(19)12-21(22)27-7-6-16(29)13-27/h2-5,10-11,16,21-22,29H,6-9,12-13H2,1H3/t16-,21-,22+/m1/s1. The molecule has 2 heterocycles. The predicted octanol–water partition coefficient (Wildman–Crippen LogP) is 3.98. The van der Waals surface area contributed by atoms with Crippen LogP contribution in [0.15, 0.2) is 36.4 Å². The fourth-order valence-corrected chi connectivity index (χ4v) is 5.47. The molecule has 3 aliphatic rings. The molecule has 0 saturated carbocycles. The first-order chi connectivity index (χ1) is 14.9. The average molecular weight is 462 g/mol. The maximum Gasteiger partial charge on any atom is 0.324 e. The molecular formula is C23H25Cl2N3O3. The maximum absolute atomic E-state index is 12.3. The van der Waals surface area contributed by atoms with Crippen molar-refractivity contribution in [2.75, 3.05) is 38.1 Å². The van der Waals surface area contributed by atoms with E-state index >= 15 is 0 Å². The minimum atomic E-state index is -0.307. The van der Waals surface area contributed by atoms with Gasteiger partial charge in [-0.2, -0.15) is 0 Å². The molecule has 5 rings (SSSR count). The molecule has 2 aliphatic heterocycles. The summed E-state index contributed by atoms with van der Waals surface area (Å²) in [6.45, 7) is 2.87. The Morgan fingerprint density at radius 1 is 1.10 bits per heavy atom. The number of hydrogen-bond acceptors (Lipinski definition) is 4. The van der Waals surface area contributed by atoms with Gasteiger partial charge in [0.15, 0.2) is 0 Å². The van der Waals surface area contributed by atoms with Crippen LogP contribution >= 0.6 is 23.2 Å². The van der Waals surface area contributed by atoms with E-state index in [2.05, 4.69) is 4.90 Å². The summed E-state index contributed by atoms with van der Waals surface area (Å²) in [4.78, 5) is 18.0. The Balaban J connectivity index is 1.41. The van der Waals surface area contributed by atoms with E-state index in [0.29, 0.717) is 23.1 Å². The third kappa shape index (κ3) is 3.87. The van der Waals surface area contributed by atoms with E-state index in [0.717, 1.165) is 48.5 Å². The second kappa shape index (κ2) is 8.17. The van der Waals surface area contributed by atoms with Gasteiger partial charge in [0.1, 0.15) is 11.9 Å². The van der Waals surface area contributed by atoms with Crippen molar-refractivity contribution < 1.29 is 14.6 Å². The second-order valence-corrected chi connectivity index (χ2v) is 9.40. The molecule has 2 amide bonds. The van der Waals surface area contributed by atoms with E-state index in [-0.39, 0.29) is 24.3 Å². The summed E-state index contributed by atoms with van der Waals surface area (Å²) in [7, 11) is 1.81. The van der Waals surface area contributed by atoms with E-state index < -0.39 is 0 Å². The summed E-state index contributed by atoms with van der Waals surface area (Å²) in [5, 5.41) is 11.3. The maximum atomic E-state index is 12.3. The third-order valence-corrected chi connectivity index (χ3v) is 7.11. The number of amides is 2. The molecular weight excluding hydrogens is 437 g/mol. The number of β-amino-alcohol motifs (C(OH)–C–C–N with tert-alkyl or cyclic N) is 1. The van der Waals surface area contributed by atoms with Gasteiger partial charge in [0.25, 0.3) is 0 Å². The van der Waals surface area contributed by atoms with Crippen molar-refractivity contribution in [1.29, 1.82) is 0 Å². The van der Waals surface area contributed by atoms with Gasteiger partial charge in [0, 0.05) is 54.5 Å². The Labute approximate surface area is 191 Å². The number of nitrogens with zero attached hydrogens (tertiary/aromatic N) is 3. The zero-order valence-electron chi connectivity index (χ0n) is 17.3. The van der Waals surface area contributed by atoms with Crippen LogP contribution in [-0.4, -0.2) is 66.3 Å². The molecule has 2 aromatic carbocycles. The molecule has 31 heavy (non-hydrogen) atoms. The van der Waals surface area contributed by atoms with Gasteiger partial charge in [-0.1, -0.05) is 23.2 Å². The van der Waals surface area contributed by atoms with Crippen LogP contribution in [0.25, 0.3) is 0 Å². The highest BCUT2D eigenvalue weighted by Crippen LogP contribution is 2.43. The molecule has 164 valence electrons. The zero-order chi connectivity index (χ0) is 21.7. The number of aliphatic hydroxyl groups excluding tert-OH is 1. The van der Waals surface area contributed by atoms with Crippen LogP contribution in [0.3, 0.4) is 0 Å². The van der Waals surface area contributed by atoms with Crippen molar-refractivity contribution in [3.63, 3.8) is 0 Å². The lowest BCUT2D eigenvalue weighted by Gasteiger charge is -2.30. The fourth-order valence-electron chi connectivity index (χ4n) is 4.89. The lowest BCUT2D eigenvalue weighted by Crippen LogP contribution is -2.39. The van der Waals surface area contributed by atoms with E-state index in [1.807, 2.05) is 37.4 Å². The number of carbonyl (C=O) groups is 1. The Hall–Kier alpha value is -1.99. The van der Waals surface area contributed by atoms with Crippen LogP contribution in [0.1, 0.15) is 23.7 Å². The lowest BCUT2D eigenvalue weighted by atomic mass is 10.1. The number of carbonyl (C=O) groups excluding carboxylic acids is 1. The molecule has 8 heteroatoms. The van der Waals surface area contributed by atoms with Gasteiger partial charge in [0.2, 0.25) is 0 Å². The Morgan fingerprint density at radius 2 is 1.87 bits per heavy atom. The molecule has 0 aromatic heterocycles. The van der Waals surface area contributed by atoms with Gasteiger partial charge >= 0.3 is 6.03 Å². The Kier molecular flexibility index (Phi) is 5.51. The zero-order valence-corrected chi connectivity index (χ0v) is 18.8. The second-order valence-electron chi connectivity index (χ2n) is 8.55. The average Bonchev–Trinajstić information content (AvgIpc) is 3.42. The number of benzene rings is 2. The van der Waals surface area contributed by atoms with Gasteiger partial charge in [-0.3, -0.25) is 9.80 Å². The smallest absolute Gasteiger partial charge is 0.324 e. The Bertz CT molecular complexity index is 1000. The molecule has 0 radical (unpaired) electrons. The summed E-state index contributed by atoms with van der Waals surface area (Å²) in [6.07, 6.45) is 0.983. The number of urea groups is 1. The molecule has 2 fully saturated rings. The molecule has 1 N–H and O–H groups in total. The number of rotatable bonds is 4. The summed E-state index contributed by atoms with van der Waals surface area (Å²) in [5.74, 6) is 0.724. The van der Waals surface area contributed by atoms with Crippen LogP contribution in [-0.2, 0) is 6.42 Å². The van der Waals surface area contributed by atoms with E-state index in [9.17, 15) is 9.90 Å². The molecule has 2 saturated heterocycles. The topological polar surface area (TPSA) is 56.3 Å². The first-order valence-corrected chi connectivity index (χ1v) is 11.4. The minimum absolute atomic E-state index is 0.00956. The first-order valence-electron chi connectivity index (χ1n) is 10.6. The lowest BCUT2D eigenvalue weighted by molar-refractivity contribution is 0.0818. The van der Waals surface area contributed by atoms with Crippen LogP contribution in [0.2, 0.25) is 10.0 Å². The van der Waals surface area contributed by atoms with Crippen molar-refractivity contribution in [2.24, 2.45) is 0 Å². The number of ether oxygens (including phenoxy) is 1. The van der Waals surface area contributed by atoms with Crippen molar-refractivity contribution in [3.05, 3.63) is 57.6 Å². The van der Waals surface area contributed by atoms with Gasteiger partial charge in [-0.15, -0.1) is 0 Å². The molecule has 0 bridgehead atoms. The molecule has 3 atom stereocenters. The number of fused-ring (bicyclic) bond motifs is 1. The van der Waals surface area contributed by atoms with Crippen LogP contribution in [0, 0.1) is 0 Å². The molecule has 6 nitrogen and oxygen atoms in total. The number of halogens is 2. The van der Waals surface area contributed by atoms with Crippen LogP contribution in [0.5, 0.6) is 5.75 Å². The van der Waals surface area contributed by atoms with Crippen molar-refractivity contribution in [1.82, 2.24) is 9.80 Å². The molecule has 1 aliphatic carbocycles. The van der Waals surface area contributed by atoms with E-state index in [1.54, 1.807) is 15.9 Å². The number of likely N-dealkylation sites (N-methyl/N-ethyl adjacent to an activating group) is 1. The van der Waals surface area contributed by atoms with Gasteiger partial charge in [-0.25, -0.2) is 4.79 Å². The highest BCUT2D eigenvalue weighted by atomic mass is 35.5. The third-order valence-electron chi connectivity index (χ3n) is 6.56. The van der Waals surface area contributed by atoms with Gasteiger partial charge < -0.3 is 14.7 Å². The van der Waals surface area contributed by atoms with Gasteiger partial charge in [-0.05, 0) is 54.8 Å². The minimum Gasteiger partial charge on any atom is -0.484 e. The number of aliphatic hydroxyl groups is 1. The summed E-state index contributed by atoms with van der Waals surface area (Å²) in [5.41, 5.74) is 2.92. The summed E-state index contributed by atoms with van der Waals surface area (Å²) in [6, 6.07) is 11.4. The Morgan fingerprint density at radius 3 is 2.52 bits per heavy atom. The van der Waals surface area contributed by atoms with Crippen LogP contribution < -0.4 is 9.64 Å². The molecule has 0 spiro atoms. The summed E-state index contributed by atoms with van der Waals surface area (Å²) < 4.78 is 6.48. The number of likely N-dealkylation sites (tertiary alicyclic amines) is 1. The fraction of sp³-hybridized carbons (Fsp3) is 0.435. The molecule has 2 aromatic rings. The number of hydrogen-bond donors (Lipinski definition) is 1. The van der Waals surface area contributed by atoms with E-state index in [1.165, 1.54) is 0 Å². The highest BCUT2D eigenvalue weighted by molar-refractivity contribution is 6.35. The highest BCUT2D eigenvalue weighted by Gasteiger charge is 2.41. The number of anilines is 1. The molecule has 0 unspecified atom stereocenters. The summed E-state index contributed by atoms with van der Waals surface area (Å²) >= 11 is 12.8. The van der Waals surface area contributed by atoms with Crippen molar-refractivity contribution in [3.8, 4) is 5.75 Å². The van der Waals surface area contributed by atoms with Crippen LogP contribution in [0.4, 0.5) is 10.5 Å². The quantitative estimate of drug-likeness (QED) is 0.747. The van der Waals surface area contributed by atoms with E-state index in [4.69, 9.17) is 27.9 Å². The monoisotopic (exact) mass is 461 g/mol. The first kappa shape index (κ1) is 20.9. The largest absolute Gasteiger partial charge is 0.484 e. The SMILES string of the molecule is CN1CCN(c2ccc(O[C@H]3c4cc(Cl)cc(Cl)c4C[C@H]3N3CC[C@@H](O)C3)cc2)C1=O.